The Labute approximate surface area is 123 Å². The predicted molar refractivity (Wildman–Crippen MR) is 85.3 cm³/mol. The van der Waals surface area contributed by atoms with Crippen LogP contribution in [-0.4, -0.2) is 9.55 Å². The van der Waals surface area contributed by atoms with E-state index >= 15 is 0 Å². The number of para-hydroxylation sites is 3. The van der Waals surface area contributed by atoms with Gasteiger partial charge in [0.05, 0.1) is 11.0 Å². The van der Waals surface area contributed by atoms with E-state index in [9.17, 15) is 0 Å². The van der Waals surface area contributed by atoms with Gasteiger partial charge in [0.25, 0.3) is 0 Å². The van der Waals surface area contributed by atoms with E-state index in [1.54, 1.807) is 0 Å². The highest BCUT2D eigenvalue weighted by Gasteiger charge is 2.13. The summed E-state index contributed by atoms with van der Waals surface area (Å²) in [6.07, 6.45) is 0. The summed E-state index contributed by atoms with van der Waals surface area (Å²) in [5, 5.41) is 0. The number of benzene rings is 3. The predicted octanol–water partition coefficient (Wildman–Crippen LogP) is 4.49. The second-order valence-electron chi connectivity index (χ2n) is 4.87. The summed E-state index contributed by atoms with van der Waals surface area (Å²) in [5.74, 6) is 0.919. The summed E-state index contributed by atoms with van der Waals surface area (Å²) in [6.45, 7) is 0. The van der Waals surface area contributed by atoms with Gasteiger partial charge in [-0.2, -0.15) is 0 Å². The van der Waals surface area contributed by atoms with Gasteiger partial charge >= 0.3 is 0 Å². The van der Waals surface area contributed by atoms with Gasteiger partial charge in [0.15, 0.2) is 0 Å². The molecule has 3 aromatic carbocycles. The molecule has 4 rings (SSSR count). The first-order chi connectivity index (χ1) is 10.4. The molecule has 0 aliphatic carbocycles. The lowest BCUT2D eigenvalue weighted by atomic mass is 10.2. The third kappa shape index (κ3) is 2.01. The zero-order valence-electron chi connectivity index (χ0n) is 11.4. The molecule has 2 nitrogen and oxygen atoms in total. The highest BCUT2D eigenvalue weighted by atomic mass is 15.1. The topological polar surface area (TPSA) is 17.8 Å². The lowest BCUT2D eigenvalue weighted by Gasteiger charge is -2.09. The molecule has 0 unspecified atom stereocenters. The Bertz CT molecular complexity index is 877. The Hall–Kier alpha value is -2.87. The maximum absolute atomic E-state index is 4.79. The van der Waals surface area contributed by atoms with Gasteiger partial charge in [-0.1, -0.05) is 54.6 Å². The Balaban J connectivity index is 2.07. The van der Waals surface area contributed by atoms with Crippen LogP contribution in [-0.2, 0) is 0 Å². The van der Waals surface area contributed by atoms with Crippen molar-refractivity contribution in [2.75, 3.05) is 0 Å². The molecule has 0 saturated carbocycles. The lowest BCUT2D eigenvalue weighted by Crippen LogP contribution is -1.97. The largest absolute Gasteiger partial charge is 0.292 e. The van der Waals surface area contributed by atoms with Crippen LogP contribution in [0.15, 0.2) is 78.9 Å². The Kier molecular flexibility index (Phi) is 2.79. The maximum atomic E-state index is 4.79. The molecule has 0 aliphatic heterocycles. The second-order valence-corrected chi connectivity index (χ2v) is 4.87. The van der Waals surface area contributed by atoms with Gasteiger partial charge in [0.1, 0.15) is 5.82 Å². The number of nitrogens with zero attached hydrogens (tertiary/aromatic N) is 2. The molecule has 1 heterocycles. The quantitative estimate of drug-likeness (QED) is 0.524. The van der Waals surface area contributed by atoms with Crippen LogP contribution in [0.5, 0.6) is 0 Å². The van der Waals surface area contributed by atoms with Crippen LogP contribution >= 0.6 is 0 Å². The minimum Gasteiger partial charge on any atom is -0.292 e. The van der Waals surface area contributed by atoms with Crippen LogP contribution in [0.4, 0.5) is 0 Å². The van der Waals surface area contributed by atoms with Crippen molar-refractivity contribution in [3.05, 3.63) is 84.9 Å². The van der Waals surface area contributed by atoms with E-state index in [-0.39, 0.29) is 0 Å². The van der Waals surface area contributed by atoms with Crippen LogP contribution in [0, 0.1) is 6.07 Å². The molecule has 99 valence electrons. The first kappa shape index (κ1) is 11.9. The minimum absolute atomic E-state index is 0.919. The molecule has 0 N–H and O–H groups in total. The molecule has 0 amide bonds. The molecule has 0 fully saturated rings. The van der Waals surface area contributed by atoms with Gasteiger partial charge in [-0.25, -0.2) is 4.98 Å². The summed E-state index contributed by atoms with van der Waals surface area (Å²) in [4.78, 5) is 4.79. The van der Waals surface area contributed by atoms with Crippen molar-refractivity contribution in [2.24, 2.45) is 0 Å². The normalized spacial score (nSPS) is 10.9. The molecule has 2 heteroatoms. The minimum atomic E-state index is 0.919. The third-order valence-electron chi connectivity index (χ3n) is 3.53. The van der Waals surface area contributed by atoms with Gasteiger partial charge < -0.3 is 0 Å². The summed E-state index contributed by atoms with van der Waals surface area (Å²) >= 11 is 0. The van der Waals surface area contributed by atoms with Gasteiger partial charge in [0, 0.05) is 11.3 Å². The first-order valence-corrected chi connectivity index (χ1v) is 6.93. The average Bonchev–Trinajstić information content (AvgIpc) is 2.96. The lowest BCUT2D eigenvalue weighted by molar-refractivity contribution is 1.10. The summed E-state index contributed by atoms with van der Waals surface area (Å²) in [6, 6.07) is 29.7. The van der Waals surface area contributed by atoms with Crippen molar-refractivity contribution in [2.45, 2.75) is 0 Å². The fraction of sp³-hybridized carbons (Fsp3) is 0. The van der Waals surface area contributed by atoms with Crippen molar-refractivity contribution in [1.29, 1.82) is 0 Å². The first-order valence-electron chi connectivity index (χ1n) is 6.93. The third-order valence-corrected chi connectivity index (χ3v) is 3.53. The van der Waals surface area contributed by atoms with E-state index in [0.29, 0.717) is 0 Å². The van der Waals surface area contributed by atoms with Crippen molar-refractivity contribution in [3.8, 4) is 17.1 Å². The van der Waals surface area contributed by atoms with Crippen molar-refractivity contribution in [1.82, 2.24) is 9.55 Å². The number of aromatic nitrogens is 2. The highest BCUT2D eigenvalue weighted by molar-refractivity contribution is 5.83. The number of hydrogen-bond donors (Lipinski definition) is 0. The Morgan fingerprint density at radius 2 is 1.52 bits per heavy atom. The van der Waals surface area contributed by atoms with E-state index in [1.807, 2.05) is 60.7 Å². The molecular weight excluding hydrogens is 256 g/mol. The van der Waals surface area contributed by atoms with Crippen LogP contribution in [0.2, 0.25) is 0 Å². The second kappa shape index (κ2) is 4.91. The Morgan fingerprint density at radius 3 is 2.33 bits per heavy atom. The van der Waals surface area contributed by atoms with Gasteiger partial charge in [-0.15, -0.1) is 0 Å². The molecule has 1 radical (unpaired) electrons. The molecule has 4 aromatic rings. The van der Waals surface area contributed by atoms with Crippen LogP contribution in [0.1, 0.15) is 0 Å². The van der Waals surface area contributed by atoms with E-state index in [1.165, 1.54) is 0 Å². The van der Waals surface area contributed by atoms with E-state index in [0.717, 1.165) is 28.1 Å². The smallest absolute Gasteiger partial charge is 0.146 e. The van der Waals surface area contributed by atoms with Gasteiger partial charge in [-0.05, 0) is 30.3 Å². The molecule has 21 heavy (non-hydrogen) atoms. The van der Waals surface area contributed by atoms with Crippen molar-refractivity contribution in [3.63, 3.8) is 0 Å². The van der Waals surface area contributed by atoms with E-state index < -0.39 is 0 Å². The van der Waals surface area contributed by atoms with Gasteiger partial charge in [-0.3, -0.25) is 4.57 Å². The fourth-order valence-corrected chi connectivity index (χ4v) is 2.58. The zero-order valence-corrected chi connectivity index (χ0v) is 11.4. The van der Waals surface area contributed by atoms with Crippen LogP contribution in [0.3, 0.4) is 0 Å². The van der Waals surface area contributed by atoms with Crippen molar-refractivity contribution < 1.29 is 0 Å². The molecule has 0 saturated heterocycles. The molecule has 0 atom stereocenters. The average molecular weight is 269 g/mol. The number of hydrogen-bond acceptors (Lipinski definition) is 1. The van der Waals surface area contributed by atoms with Gasteiger partial charge in [0.2, 0.25) is 0 Å². The SMILES string of the molecule is [c]1ccccc1-c1nc2ccccc2n1-c1ccccc1. The standard InChI is InChI=1S/C19H13N2/c1-3-9-15(10-4-1)19-20-17-13-7-8-14-18(17)21(19)16-11-5-2-6-12-16/h1-9,11-14H. The number of imidazole rings is 1. The summed E-state index contributed by atoms with van der Waals surface area (Å²) in [5.41, 5.74) is 4.21. The van der Waals surface area contributed by atoms with Crippen LogP contribution < -0.4 is 0 Å². The molecule has 0 aliphatic rings. The van der Waals surface area contributed by atoms with E-state index in [2.05, 4.69) is 28.8 Å². The maximum Gasteiger partial charge on any atom is 0.146 e. The number of fused-ring (bicyclic) bond motifs is 1. The molecule has 0 bridgehead atoms. The van der Waals surface area contributed by atoms with Crippen molar-refractivity contribution >= 4 is 11.0 Å². The monoisotopic (exact) mass is 269 g/mol. The fourth-order valence-electron chi connectivity index (χ4n) is 2.58. The van der Waals surface area contributed by atoms with E-state index in [4.69, 9.17) is 4.98 Å². The van der Waals surface area contributed by atoms with Crippen LogP contribution in [0.25, 0.3) is 28.1 Å². The Morgan fingerprint density at radius 1 is 0.762 bits per heavy atom. The highest BCUT2D eigenvalue weighted by Crippen LogP contribution is 2.27. The molecular formula is C19H13N2. The summed E-state index contributed by atoms with van der Waals surface area (Å²) in [7, 11) is 0. The zero-order chi connectivity index (χ0) is 14.1. The molecule has 0 spiro atoms. The molecule has 1 aromatic heterocycles. The number of rotatable bonds is 2. The summed E-state index contributed by atoms with van der Waals surface area (Å²) < 4.78 is 2.18.